The number of halogens is 4. The molecule has 2 atom stereocenters. The molecule has 146 valence electrons. The van der Waals surface area contributed by atoms with E-state index >= 15 is 0 Å². The smallest absolute Gasteiger partial charge is 0.254 e. The molecule has 0 radical (unpaired) electrons. The van der Waals surface area contributed by atoms with Gasteiger partial charge in [0.25, 0.3) is 5.91 Å². The fraction of sp³-hybridized carbons (Fsp3) is 0.350. The summed E-state index contributed by atoms with van der Waals surface area (Å²) in [6.07, 6.45) is 2.88. The number of rotatable bonds is 3. The minimum absolute atomic E-state index is 0. The third-order valence-corrected chi connectivity index (χ3v) is 4.87. The lowest BCUT2D eigenvalue weighted by Gasteiger charge is -2.38. The highest BCUT2D eigenvalue weighted by Crippen LogP contribution is 2.26. The van der Waals surface area contributed by atoms with Crippen molar-refractivity contribution in [2.75, 3.05) is 6.54 Å². The number of hydrogen-bond acceptors (Lipinski definition) is 2. The van der Waals surface area contributed by atoms with E-state index in [1.54, 1.807) is 29.2 Å². The van der Waals surface area contributed by atoms with Crippen molar-refractivity contribution in [3.63, 3.8) is 0 Å². The van der Waals surface area contributed by atoms with Crippen molar-refractivity contribution in [2.45, 2.75) is 38.3 Å². The first-order valence-electron chi connectivity index (χ1n) is 8.70. The van der Waals surface area contributed by atoms with E-state index in [9.17, 15) is 18.0 Å². The van der Waals surface area contributed by atoms with Gasteiger partial charge in [0.15, 0.2) is 17.5 Å². The molecular formula is C20H22ClF3N2O. The minimum atomic E-state index is -1.49. The maximum Gasteiger partial charge on any atom is 0.254 e. The van der Waals surface area contributed by atoms with Gasteiger partial charge in [0, 0.05) is 24.2 Å². The van der Waals surface area contributed by atoms with E-state index in [1.807, 2.05) is 6.92 Å². The van der Waals surface area contributed by atoms with Crippen molar-refractivity contribution < 1.29 is 18.0 Å². The Labute approximate surface area is 162 Å². The van der Waals surface area contributed by atoms with Crippen LogP contribution in [0.15, 0.2) is 36.4 Å². The summed E-state index contributed by atoms with van der Waals surface area (Å²) in [5.74, 6) is -4.08. The van der Waals surface area contributed by atoms with Crippen LogP contribution in [-0.4, -0.2) is 29.4 Å². The van der Waals surface area contributed by atoms with Gasteiger partial charge in [-0.3, -0.25) is 4.79 Å². The number of nitrogens with zero attached hydrogens (tertiary/aromatic N) is 1. The predicted molar refractivity (Wildman–Crippen MR) is 101 cm³/mol. The molecule has 2 aromatic carbocycles. The van der Waals surface area contributed by atoms with Crippen molar-refractivity contribution in [3.8, 4) is 11.1 Å². The second-order valence-electron chi connectivity index (χ2n) is 6.75. The fourth-order valence-electron chi connectivity index (χ4n) is 3.45. The Bertz CT molecular complexity index is 788. The largest absolute Gasteiger partial charge is 0.334 e. The second-order valence-corrected chi connectivity index (χ2v) is 6.75. The van der Waals surface area contributed by atoms with E-state index in [4.69, 9.17) is 5.73 Å². The van der Waals surface area contributed by atoms with E-state index in [0.29, 0.717) is 17.7 Å². The zero-order valence-corrected chi connectivity index (χ0v) is 15.7. The molecule has 0 bridgehead atoms. The Kier molecular flexibility index (Phi) is 6.89. The number of likely N-dealkylation sites (tertiary alicyclic amines) is 1. The molecule has 1 fully saturated rings. The molecule has 1 heterocycles. The van der Waals surface area contributed by atoms with E-state index in [-0.39, 0.29) is 36.0 Å². The number of hydrogen-bond donors (Lipinski definition) is 1. The van der Waals surface area contributed by atoms with Crippen molar-refractivity contribution in [3.05, 3.63) is 59.4 Å². The highest BCUT2D eigenvalue weighted by Gasteiger charge is 2.29. The van der Waals surface area contributed by atoms with Gasteiger partial charge in [-0.15, -0.1) is 12.4 Å². The molecular weight excluding hydrogens is 377 g/mol. The van der Waals surface area contributed by atoms with Gasteiger partial charge in [0.2, 0.25) is 0 Å². The summed E-state index contributed by atoms with van der Waals surface area (Å²) in [4.78, 5) is 14.6. The summed E-state index contributed by atoms with van der Waals surface area (Å²) in [5, 5.41) is 0. The van der Waals surface area contributed by atoms with Crippen LogP contribution < -0.4 is 5.73 Å². The Morgan fingerprint density at radius 3 is 2.22 bits per heavy atom. The lowest BCUT2D eigenvalue weighted by molar-refractivity contribution is 0.0584. The molecule has 0 aliphatic carbocycles. The van der Waals surface area contributed by atoms with Crippen molar-refractivity contribution in [1.29, 1.82) is 0 Å². The molecule has 1 aliphatic heterocycles. The molecule has 0 spiro atoms. The molecule has 7 heteroatoms. The van der Waals surface area contributed by atoms with E-state index < -0.39 is 17.5 Å². The summed E-state index contributed by atoms with van der Waals surface area (Å²) in [6.45, 7) is 2.57. The van der Waals surface area contributed by atoms with E-state index in [0.717, 1.165) is 31.4 Å². The predicted octanol–water partition coefficient (Wildman–Crippen LogP) is 4.53. The fourth-order valence-corrected chi connectivity index (χ4v) is 3.45. The first-order valence-corrected chi connectivity index (χ1v) is 8.70. The number of nitrogens with two attached hydrogens (primary N) is 1. The van der Waals surface area contributed by atoms with E-state index in [1.165, 1.54) is 0 Å². The molecule has 3 nitrogen and oxygen atoms in total. The van der Waals surface area contributed by atoms with Crippen LogP contribution in [-0.2, 0) is 0 Å². The molecule has 2 aromatic rings. The van der Waals surface area contributed by atoms with Crippen molar-refractivity contribution >= 4 is 18.3 Å². The Hall–Kier alpha value is -2.05. The SMILES string of the molecule is CC(N)C1CCCCN1C(=O)c1ccc(-c2cc(F)c(F)c(F)c2)cc1.Cl. The van der Waals surface area contributed by atoms with Gasteiger partial charge in [-0.2, -0.15) is 0 Å². The van der Waals surface area contributed by atoms with Crippen molar-refractivity contribution in [2.24, 2.45) is 5.73 Å². The standard InChI is InChI=1S/C20H21F3N2O.ClH/c1-12(24)18-4-2-3-9-25(18)20(26)14-7-5-13(6-8-14)15-10-16(21)19(23)17(22)11-15;/h5-8,10-12,18H,2-4,9,24H2,1H3;1H. The molecule has 1 aliphatic rings. The lowest BCUT2D eigenvalue weighted by atomic mass is 9.95. The Morgan fingerprint density at radius 1 is 1.07 bits per heavy atom. The maximum absolute atomic E-state index is 13.4. The Morgan fingerprint density at radius 2 is 1.67 bits per heavy atom. The maximum atomic E-state index is 13.4. The van der Waals surface area contributed by atoms with Gasteiger partial charge >= 0.3 is 0 Å². The molecule has 27 heavy (non-hydrogen) atoms. The van der Waals surface area contributed by atoms with Gasteiger partial charge in [-0.05, 0) is 61.6 Å². The molecule has 2 N–H and O–H groups in total. The zero-order chi connectivity index (χ0) is 18.8. The third-order valence-electron chi connectivity index (χ3n) is 4.87. The average Bonchev–Trinajstić information content (AvgIpc) is 2.65. The normalized spacial score (nSPS) is 18.0. The van der Waals surface area contributed by atoms with Crippen LogP contribution in [0, 0.1) is 17.5 Å². The summed E-state index contributed by atoms with van der Waals surface area (Å²) >= 11 is 0. The summed E-state index contributed by atoms with van der Waals surface area (Å²) in [6, 6.07) is 8.21. The average molecular weight is 399 g/mol. The van der Waals surface area contributed by atoms with E-state index in [2.05, 4.69) is 0 Å². The quantitative estimate of drug-likeness (QED) is 0.772. The lowest BCUT2D eigenvalue weighted by Crippen LogP contribution is -2.51. The molecule has 3 rings (SSSR count). The number of carbonyl (C=O) groups is 1. The second kappa shape index (κ2) is 8.76. The molecule has 1 saturated heterocycles. The van der Waals surface area contributed by atoms with Crippen LogP contribution in [0.3, 0.4) is 0 Å². The highest BCUT2D eigenvalue weighted by atomic mass is 35.5. The first-order chi connectivity index (χ1) is 12.4. The molecule has 2 unspecified atom stereocenters. The monoisotopic (exact) mass is 398 g/mol. The van der Waals surface area contributed by atoms with Gasteiger partial charge in [-0.25, -0.2) is 13.2 Å². The van der Waals surface area contributed by atoms with Crippen LogP contribution in [0.4, 0.5) is 13.2 Å². The number of amides is 1. The summed E-state index contributed by atoms with van der Waals surface area (Å²) in [7, 11) is 0. The van der Waals surface area contributed by atoms with Gasteiger partial charge in [-0.1, -0.05) is 12.1 Å². The van der Waals surface area contributed by atoms with Crippen LogP contribution in [0.25, 0.3) is 11.1 Å². The van der Waals surface area contributed by atoms with Crippen LogP contribution in [0.1, 0.15) is 36.5 Å². The number of carbonyl (C=O) groups excluding carboxylic acids is 1. The summed E-state index contributed by atoms with van der Waals surface area (Å²) < 4.78 is 39.9. The first kappa shape index (κ1) is 21.3. The van der Waals surface area contributed by atoms with Crippen LogP contribution in [0.2, 0.25) is 0 Å². The highest BCUT2D eigenvalue weighted by molar-refractivity contribution is 5.95. The summed E-state index contributed by atoms with van der Waals surface area (Å²) in [5.41, 5.74) is 7.22. The van der Waals surface area contributed by atoms with Crippen LogP contribution in [0.5, 0.6) is 0 Å². The Balaban J connectivity index is 0.00000261. The molecule has 1 amide bonds. The molecule has 0 aromatic heterocycles. The van der Waals surface area contributed by atoms with Gasteiger partial charge < -0.3 is 10.6 Å². The number of benzene rings is 2. The zero-order valence-electron chi connectivity index (χ0n) is 14.9. The van der Waals surface area contributed by atoms with Gasteiger partial charge in [0.05, 0.1) is 0 Å². The van der Waals surface area contributed by atoms with Gasteiger partial charge in [0.1, 0.15) is 0 Å². The van der Waals surface area contributed by atoms with Crippen molar-refractivity contribution in [1.82, 2.24) is 4.90 Å². The topological polar surface area (TPSA) is 46.3 Å². The molecule has 0 saturated carbocycles. The third kappa shape index (κ3) is 4.45. The van der Waals surface area contributed by atoms with Crippen LogP contribution >= 0.6 is 12.4 Å². The number of piperidine rings is 1. The minimum Gasteiger partial charge on any atom is -0.334 e.